The Bertz CT molecular complexity index is 332. The first-order chi connectivity index (χ1) is 7.70. The van der Waals surface area contributed by atoms with Gasteiger partial charge in [-0.3, -0.25) is 0 Å². The molecule has 0 aliphatic rings. The summed E-state index contributed by atoms with van der Waals surface area (Å²) in [5.41, 5.74) is 16.5. The van der Waals surface area contributed by atoms with Crippen molar-refractivity contribution in [1.29, 1.82) is 0 Å². The SMILES string of the molecule is CCCCCc1c(N)ccc(N)c1CCC. The molecule has 90 valence electrons. The number of hydrogen-bond acceptors (Lipinski definition) is 2. The Kier molecular flexibility index (Phi) is 5.17. The molecule has 1 aromatic rings. The molecule has 1 rings (SSSR count). The molecule has 4 N–H and O–H groups in total. The van der Waals surface area contributed by atoms with Gasteiger partial charge in [-0.15, -0.1) is 0 Å². The standard InChI is InChI=1S/C14H24N2/c1-3-5-6-8-12-11(7-4-2)13(15)9-10-14(12)16/h9-10H,3-8,15-16H2,1-2H3. The van der Waals surface area contributed by atoms with E-state index in [1.807, 2.05) is 12.1 Å². The van der Waals surface area contributed by atoms with Gasteiger partial charge < -0.3 is 11.5 Å². The van der Waals surface area contributed by atoms with Gasteiger partial charge in [0.1, 0.15) is 0 Å². The van der Waals surface area contributed by atoms with Gasteiger partial charge in [0.15, 0.2) is 0 Å². The fourth-order valence-electron chi connectivity index (χ4n) is 2.12. The fraction of sp³-hybridized carbons (Fsp3) is 0.571. The van der Waals surface area contributed by atoms with Crippen LogP contribution in [0.25, 0.3) is 0 Å². The molecule has 0 unspecified atom stereocenters. The Hall–Kier alpha value is -1.18. The van der Waals surface area contributed by atoms with Gasteiger partial charge in [-0.1, -0.05) is 33.1 Å². The minimum absolute atomic E-state index is 0.905. The molecule has 0 spiro atoms. The lowest BCUT2D eigenvalue weighted by Gasteiger charge is -2.14. The van der Waals surface area contributed by atoms with Gasteiger partial charge in [0.25, 0.3) is 0 Å². The number of unbranched alkanes of at least 4 members (excludes halogenated alkanes) is 2. The van der Waals surface area contributed by atoms with Crippen molar-refractivity contribution in [3.8, 4) is 0 Å². The molecule has 1 aromatic carbocycles. The lowest BCUT2D eigenvalue weighted by atomic mass is 9.95. The summed E-state index contributed by atoms with van der Waals surface area (Å²) in [6.07, 6.45) is 6.94. The quantitative estimate of drug-likeness (QED) is 0.569. The Morgan fingerprint density at radius 2 is 1.38 bits per heavy atom. The largest absolute Gasteiger partial charge is 0.398 e. The first-order valence-electron chi connectivity index (χ1n) is 6.36. The van der Waals surface area contributed by atoms with Crippen LogP contribution in [0.5, 0.6) is 0 Å². The molecular weight excluding hydrogens is 196 g/mol. The third-order valence-corrected chi connectivity index (χ3v) is 3.03. The van der Waals surface area contributed by atoms with Crippen molar-refractivity contribution >= 4 is 11.4 Å². The number of nitrogens with two attached hydrogens (primary N) is 2. The van der Waals surface area contributed by atoms with Gasteiger partial charge in [-0.05, 0) is 42.5 Å². The summed E-state index contributed by atoms with van der Waals surface area (Å²) in [7, 11) is 0. The summed E-state index contributed by atoms with van der Waals surface area (Å²) in [6.45, 7) is 4.40. The highest BCUT2D eigenvalue weighted by molar-refractivity contribution is 5.62. The average Bonchev–Trinajstić information content (AvgIpc) is 2.27. The number of rotatable bonds is 6. The fourth-order valence-corrected chi connectivity index (χ4v) is 2.12. The number of nitrogen functional groups attached to an aromatic ring is 2. The van der Waals surface area contributed by atoms with Gasteiger partial charge in [0.2, 0.25) is 0 Å². The van der Waals surface area contributed by atoms with E-state index < -0.39 is 0 Å². The molecule has 0 radical (unpaired) electrons. The van der Waals surface area contributed by atoms with Gasteiger partial charge >= 0.3 is 0 Å². The van der Waals surface area contributed by atoms with Gasteiger partial charge in [0.05, 0.1) is 0 Å². The number of benzene rings is 1. The molecule has 0 saturated carbocycles. The van der Waals surface area contributed by atoms with Crippen molar-refractivity contribution in [3.05, 3.63) is 23.3 Å². The van der Waals surface area contributed by atoms with E-state index in [4.69, 9.17) is 11.5 Å². The van der Waals surface area contributed by atoms with Crippen LogP contribution in [-0.2, 0) is 12.8 Å². The molecular formula is C14H24N2. The summed E-state index contributed by atoms with van der Waals surface area (Å²) < 4.78 is 0. The third-order valence-electron chi connectivity index (χ3n) is 3.03. The van der Waals surface area contributed by atoms with Crippen LogP contribution in [0.3, 0.4) is 0 Å². The summed E-state index contributed by atoms with van der Waals surface area (Å²) >= 11 is 0. The van der Waals surface area contributed by atoms with E-state index in [9.17, 15) is 0 Å². The first-order valence-corrected chi connectivity index (χ1v) is 6.36. The van der Waals surface area contributed by atoms with Crippen molar-refractivity contribution in [2.24, 2.45) is 0 Å². The van der Waals surface area contributed by atoms with Crippen LogP contribution in [0, 0.1) is 0 Å². The molecule has 0 amide bonds. The van der Waals surface area contributed by atoms with Crippen LogP contribution < -0.4 is 11.5 Å². The molecule has 2 heteroatoms. The van der Waals surface area contributed by atoms with Crippen molar-refractivity contribution < 1.29 is 0 Å². The van der Waals surface area contributed by atoms with E-state index in [2.05, 4.69) is 13.8 Å². The molecule has 0 bridgehead atoms. The second-order valence-corrected chi connectivity index (χ2v) is 4.41. The van der Waals surface area contributed by atoms with Gasteiger partial charge in [0, 0.05) is 11.4 Å². The highest BCUT2D eigenvalue weighted by Gasteiger charge is 2.09. The Morgan fingerprint density at radius 3 is 1.88 bits per heavy atom. The first kappa shape index (κ1) is 12.9. The average molecular weight is 220 g/mol. The maximum Gasteiger partial charge on any atom is 0.0350 e. The van der Waals surface area contributed by atoms with Crippen LogP contribution in [0.2, 0.25) is 0 Å². The molecule has 2 nitrogen and oxygen atoms in total. The molecule has 0 saturated heterocycles. The highest BCUT2D eigenvalue weighted by atomic mass is 14.6. The second kappa shape index (κ2) is 6.41. The zero-order valence-corrected chi connectivity index (χ0v) is 10.6. The molecule has 0 heterocycles. The lowest BCUT2D eigenvalue weighted by Crippen LogP contribution is -2.04. The molecule has 16 heavy (non-hydrogen) atoms. The summed E-state index contributed by atoms with van der Waals surface area (Å²) in [5, 5.41) is 0. The van der Waals surface area contributed by atoms with Gasteiger partial charge in [-0.25, -0.2) is 0 Å². The predicted molar refractivity (Wildman–Crippen MR) is 72.5 cm³/mol. The van der Waals surface area contributed by atoms with Crippen molar-refractivity contribution in [2.45, 2.75) is 52.4 Å². The van der Waals surface area contributed by atoms with Crippen LogP contribution in [0.4, 0.5) is 11.4 Å². The Morgan fingerprint density at radius 1 is 0.812 bits per heavy atom. The van der Waals surface area contributed by atoms with Crippen LogP contribution in [0.1, 0.15) is 50.7 Å². The summed E-state index contributed by atoms with van der Waals surface area (Å²) in [5.74, 6) is 0. The Balaban J connectivity index is 2.89. The maximum atomic E-state index is 6.05. The van der Waals surface area contributed by atoms with Crippen molar-refractivity contribution in [3.63, 3.8) is 0 Å². The monoisotopic (exact) mass is 220 g/mol. The minimum atomic E-state index is 0.905. The molecule has 0 aliphatic heterocycles. The summed E-state index contributed by atoms with van der Waals surface area (Å²) in [4.78, 5) is 0. The number of hydrogen-bond donors (Lipinski definition) is 2. The van der Waals surface area contributed by atoms with Crippen LogP contribution >= 0.6 is 0 Å². The second-order valence-electron chi connectivity index (χ2n) is 4.41. The van der Waals surface area contributed by atoms with Gasteiger partial charge in [-0.2, -0.15) is 0 Å². The van der Waals surface area contributed by atoms with Crippen molar-refractivity contribution in [1.82, 2.24) is 0 Å². The van der Waals surface area contributed by atoms with E-state index in [0.29, 0.717) is 0 Å². The summed E-state index contributed by atoms with van der Waals surface area (Å²) in [6, 6.07) is 3.87. The van der Waals surface area contributed by atoms with Crippen LogP contribution in [-0.4, -0.2) is 0 Å². The number of anilines is 2. The Labute approximate surface area is 99.0 Å². The molecule has 0 fully saturated rings. The molecule has 0 atom stereocenters. The van der Waals surface area contributed by atoms with E-state index in [0.717, 1.165) is 30.6 Å². The normalized spacial score (nSPS) is 10.6. The zero-order chi connectivity index (χ0) is 12.0. The predicted octanol–water partition coefficient (Wildman–Crippen LogP) is 3.54. The maximum absolute atomic E-state index is 6.05. The van der Waals surface area contributed by atoms with Crippen LogP contribution in [0.15, 0.2) is 12.1 Å². The van der Waals surface area contributed by atoms with E-state index in [1.54, 1.807) is 0 Å². The minimum Gasteiger partial charge on any atom is -0.398 e. The lowest BCUT2D eigenvalue weighted by molar-refractivity contribution is 0.713. The third kappa shape index (κ3) is 3.16. The van der Waals surface area contributed by atoms with E-state index in [1.165, 1.54) is 30.4 Å². The smallest absolute Gasteiger partial charge is 0.0350 e. The van der Waals surface area contributed by atoms with Crippen molar-refractivity contribution in [2.75, 3.05) is 11.5 Å². The van der Waals surface area contributed by atoms with E-state index in [-0.39, 0.29) is 0 Å². The van der Waals surface area contributed by atoms with E-state index >= 15 is 0 Å². The highest BCUT2D eigenvalue weighted by Crippen LogP contribution is 2.26. The molecule has 0 aliphatic carbocycles. The topological polar surface area (TPSA) is 52.0 Å². The molecule has 0 aromatic heterocycles. The zero-order valence-electron chi connectivity index (χ0n) is 10.6.